The number of rotatable bonds is 9. The summed E-state index contributed by atoms with van der Waals surface area (Å²) in [6.07, 6.45) is 4.28. The van der Waals surface area contributed by atoms with Crippen molar-refractivity contribution < 1.29 is 9.47 Å². The zero-order chi connectivity index (χ0) is 22.9. The van der Waals surface area contributed by atoms with Crippen LogP contribution < -0.4 is 4.90 Å². The van der Waals surface area contributed by atoms with E-state index in [0.29, 0.717) is 13.2 Å². The van der Waals surface area contributed by atoms with Crippen molar-refractivity contribution in [3.8, 4) is 0 Å². The minimum absolute atomic E-state index is 0.606. The lowest BCUT2D eigenvalue weighted by atomic mass is 10.1. The lowest BCUT2D eigenvalue weighted by molar-refractivity contribution is 0.185. The highest BCUT2D eigenvalue weighted by Gasteiger charge is 2.12. The molecule has 4 aromatic rings. The van der Waals surface area contributed by atoms with E-state index >= 15 is 0 Å². The Morgan fingerprint density at radius 2 is 0.909 bits per heavy atom. The van der Waals surface area contributed by atoms with E-state index in [4.69, 9.17) is 9.47 Å². The van der Waals surface area contributed by atoms with Gasteiger partial charge in [0.25, 0.3) is 0 Å². The number of methoxy groups -OCH3 is 2. The Hall–Kier alpha value is -3.66. The molecule has 3 heteroatoms. The van der Waals surface area contributed by atoms with Gasteiger partial charge in [0, 0.05) is 31.3 Å². The fraction of sp³-hybridized carbons (Fsp3) is 0.133. The molecule has 0 N–H and O–H groups in total. The van der Waals surface area contributed by atoms with Crippen molar-refractivity contribution in [2.24, 2.45) is 0 Å². The summed E-state index contributed by atoms with van der Waals surface area (Å²) in [6, 6.07) is 36.0. The van der Waals surface area contributed by atoms with Gasteiger partial charge in [-0.25, -0.2) is 0 Å². The third kappa shape index (κ3) is 5.98. The largest absolute Gasteiger partial charge is 0.380 e. The summed E-state index contributed by atoms with van der Waals surface area (Å²) in [6.45, 7) is 1.21. The van der Waals surface area contributed by atoms with Gasteiger partial charge in [-0.1, -0.05) is 78.9 Å². The molecule has 0 spiro atoms. The first-order valence-electron chi connectivity index (χ1n) is 11.1. The summed E-state index contributed by atoms with van der Waals surface area (Å²) in [5, 5.41) is 0. The van der Waals surface area contributed by atoms with Crippen molar-refractivity contribution in [2.75, 3.05) is 19.1 Å². The van der Waals surface area contributed by atoms with E-state index in [2.05, 4.69) is 114 Å². The highest BCUT2D eigenvalue weighted by atomic mass is 16.5. The molecule has 0 fully saturated rings. The van der Waals surface area contributed by atoms with Crippen LogP contribution in [0.3, 0.4) is 0 Å². The average molecular weight is 436 g/mol. The molecular formula is C30H29NO2. The molecule has 0 atom stereocenters. The van der Waals surface area contributed by atoms with Crippen molar-refractivity contribution in [3.05, 3.63) is 125 Å². The molecule has 0 saturated heterocycles. The molecule has 4 aromatic carbocycles. The van der Waals surface area contributed by atoms with Crippen molar-refractivity contribution in [2.45, 2.75) is 13.2 Å². The van der Waals surface area contributed by atoms with Crippen LogP contribution in [-0.2, 0) is 22.7 Å². The zero-order valence-electron chi connectivity index (χ0n) is 19.1. The molecule has 0 aliphatic carbocycles. The van der Waals surface area contributed by atoms with Crippen LogP contribution in [0.4, 0.5) is 17.1 Å². The predicted octanol–water partition coefficient (Wildman–Crippen LogP) is 7.62. The van der Waals surface area contributed by atoms with E-state index in [9.17, 15) is 0 Å². The van der Waals surface area contributed by atoms with Crippen LogP contribution in [-0.4, -0.2) is 14.2 Å². The summed E-state index contributed by atoms with van der Waals surface area (Å²) in [4.78, 5) is 2.26. The highest BCUT2D eigenvalue weighted by molar-refractivity contribution is 5.78. The Balaban J connectivity index is 1.64. The van der Waals surface area contributed by atoms with Gasteiger partial charge in [0.15, 0.2) is 0 Å². The Morgan fingerprint density at radius 1 is 0.515 bits per heavy atom. The Labute approximate surface area is 196 Å². The normalized spacial score (nSPS) is 11.1. The molecule has 0 radical (unpaired) electrons. The van der Waals surface area contributed by atoms with Crippen molar-refractivity contribution in [1.82, 2.24) is 0 Å². The summed E-state index contributed by atoms with van der Waals surface area (Å²) in [5.74, 6) is 0. The molecule has 166 valence electrons. The van der Waals surface area contributed by atoms with Gasteiger partial charge < -0.3 is 14.4 Å². The van der Waals surface area contributed by atoms with E-state index in [0.717, 1.165) is 33.8 Å². The molecule has 4 rings (SSSR count). The lowest BCUT2D eigenvalue weighted by Gasteiger charge is -2.26. The molecule has 0 amide bonds. The molecule has 0 aliphatic heterocycles. The number of hydrogen-bond donors (Lipinski definition) is 0. The van der Waals surface area contributed by atoms with Crippen molar-refractivity contribution in [1.29, 1.82) is 0 Å². The van der Waals surface area contributed by atoms with Crippen LogP contribution in [0, 0.1) is 0 Å². The zero-order valence-corrected chi connectivity index (χ0v) is 19.1. The van der Waals surface area contributed by atoms with Crippen LogP contribution in [0.2, 0.25) is 0 Å². The number of anilines is 3. The van der Waals surface area contributed by atoms with Crippen LogP contribution >= 0.6 is 0 Å². The van der Waals surface area contributed by atoms with E-state index in [1.807, 2.05) is 6.07 Å². The maximum absolute atomic E-state index is 5.27. The van der Waals surface area contributed by atoms with Gasteiger partial charge in [-0.15, -0.1) is 0 Å². The third-order valence-electron chi connectivity index (χ3n) is 5.43. The maximum atomic E-state index is 5.27. The molecule has 0 heterocycles. The molecule has 0 unspecified atom stereocenters. The number of hydrogen-bond acceptors (Lipinski definition) is 3. The second kappa shape index (κ2) is 11.3. The average Bonchev–Trinajstić information content (AvgIpc) is 2.87. The van der Waals surface area contributed by atoms with E-state index in [1.165, 1.54) is 5.56 Å². The fourth-order valence-corrected chi connectivity index (χ4v) is 3.75. The molecule has 3 nitrogen and oxygen atoms in total. The predicted molar refractivity (Wildman–Crippen MR) is 138 cm³/mol. The second-order valence-corrected chi connectivity index (χ2v) is 7.87. The lowest BCUT2D eigenvalue weighted by Crippen LogP contribution is -2.10. The Bertz CT molecular complexity index is 1100. The monoisotopic (exact) mass is 435 g/mol. The van der Waals surface area contributed by atoms with Gasteiger partial charge in [0.1, 0.15) is 0 Å². The topological polar surface area (TPSA) is 21.7 Å². The molecule has 0 aromatic heterocycles. The van der Waals surface area contributed by atoms with Crippen LogP contribution in [0.15, 0.2) is 103 Å². The van der Waals surface area contributed by atoms with Gasteiger partial charge in [0.05, 0.1) is 13.2 Å². The second-order valence-electron chi connectivity index (χ2n) is 7.87. The smallest absolute Gasteiger partial charge is 0.0713 e. The maximum Gasteiger partial charge on any atom is 0.0713 e. The Kier molecular flexibility index (Phi) is 7.70. The number of ether oxygens (including phenoxy) is 2. The van der Waals surface area contributed by atoms with E-state index in [-0.39, 0.29) is 0 Å². The SMILES string of the molecule is COCc1ccc(N(c2ccc(/C=C/c3ccccc3)cc2)c2ccc(COC)cc2)cc1. The van der Waals surface area contributed by atoms with Crippen LogP contribution in [0.25, 0.3) is 12.2 Å². The molecule has 33 heavy (non-hydrogen) atoms. The van der Waals surface area contributed by atoms with Crippen molar-refractivity contribution in [3.63, 3.8) is 0 Å². The van der Waals surface area contributed by atoms with Gasteiger partial charge in [-0.2, -0.15) is 0 Å². The molecule has 0 saturated carbocycles. The van der Waals surface area contributed by atoms with Crippen LogP contribution in [0.1, 0.15) is 22.3 Å². The number of nitrogens with zero attached hydrogens (tertiary/aromatic N) is 1. The first kappa shape index (κ1) is 22.5. The quantitative estimate of drug-likeness (QED) is 0.252. The van der Waals surface area contributed by atoms with Crippen molar-refractivity contribution >= 4 is 29.2 Å². The minimum Gasteiger partial charge on any atom is -0.380 e. The summed E-state index contributed by atoms with van der Waals surface area (Å²) in [5.41, 5.74) is 7.95. The third-order valence-corrected chi connectivity index (χ3v) is 5.43. The van der Waals surface area contributed by atoms with E-state index < -0.39 is 0 Å². The van der Waals surface area contributed by atoms with Crippen LogP contribution in [0.5, 0.6) is 0 Å². The van der Waals surface area contributed by atoms with Gasteiger partial charge >= 0.3 is 0 Å². The summed E-state index contributed by atoms with van der Waals surface area (Å²) < 4.78 is 10.5. The standard InChI is InChI=1S/C30H29NO2/c1-32-22-26-12-18-29(19-13-26)31(30-20-14-27(15-21-30)23-33-2)28-16-10-25(11-17-28)9-8-24-6-4-3-5-7-24/h3-21H,22-23H2,1-2H3/b9-8+. The van der Waals surface area contributed by atoms with E-state index in [1.54, 1.807) is 14.2 Å². The van der Waals surface area contributed by atoms with Gasteiger partial charge in [-0.05, 0) is 58.7 Å². The first-order valence-corrected chi connectivity index (χ1v) is 11.1. The van der Waals surface area contributed by atoms with Gasteiger partial charge in [0.2, 0.25) is 0 Å². The number of benzene rings is 4. The highest BCUT2D eigenvalue weighted by Crippen LogP contribution is 2.35. The summed E-state index contributed by atoms with van der Waals surface area (Å²) >= 11 is 0. The Morgan fingerprint density at radius 3 is 1.33 bits per heavy atom. The molecular weight excluding hydrogens is 406 g/mol. The molecule has 0 aliphatic rings. The summed E-state index contributed by atoms with van der Waals surface area (Å²) in [7, 11) is 3.44. The molecule has 0 bridgehead atoms. The minimum atomic E-state index is 0.606. The van der Waals surface area contributed by atoms with Gasteiger partial charge in [-0.3, -0.25) is 0 Å². The fourth-order valence-electron chi connectivity index (χ4n) is 3.75. The first-order chi connectivity index (χ1) is 16.3.